The maximum Gasteiger partial charge on any atom is 0.261 e. The maximum absolute atomic E-state index is 13.3. The van der Waals surface area contributed by atoms with Crippen LogP contribution in [0.1, 0.15) is 70.9 Å². The molecule has 0 bridgehead atoms. The molecule has 0 aliphatic heterocycles. The number of hydrogen-bond acceptors (Lipinski definition) is 3. The van der Waals surface area contributed by atoms with Gasteiger partial charge >= 0.3 is 0 Å². The number of hydrogen-bond donors (Lipinski definition) is 1. The number of ether oxygens (including phenoxy) is 1. The molecule has 2 amide bonds. The third-order valence-corrected chi connectivity index (χ3v) is 7.00. The van der Waals surface area contributed by atoms with Crippen LogP contribution in [0.15, 0.2) is 53.0 Å². The monoisotopic (exact) mass is 528 g/mol. The summed E-state index contributed by atoms with van der Waals surface area (Å²) in [6.07, 6.45) is 5.52. The van der Waals surface area contributed by atoms with Crippen LogP contribution in [-0.4, -0.2) is 35.4 Å². The second kappa shape index (κ2) is 11.9. The lowest BCUT2D eigenvalue weighted by molar-refractivity contribution is -0.142. The van der Waals surface area contributed by atoms with Gasteiger partial charge in [0.05, 0.1) is 0 Å². The average molecular weight is 530 g/mol. The summed E-state index contributed by atoms with van der Waals surface area (Å²) in [5.41, 5.74) is 2.22. The number of benzene rings is 2. The molecular weight excluding hydrogens is 492 g/mol. The molecule has 0 heterocycles. The Bertz CT molecular complexity index is 945. The van der Waals surface area contributed by atoms with Crippen LogP contribution in [0.2, 0.25) is 0 Å². The molecule has 0 spiro atoms. The van der Waals surface area contributed by atoms with Gasteiger partial charge in [-0.25, -0.2) is 0 Å². The fourth-order valence-electron chi connectivity index (χ4n) is 4.22. The molecule has 0 saturated heterocycles. The molecule has 2 aromatic carbocycles. The first-order valence-electron chi connectivity index (χ1n) is 12.2. The topological polar surface area (TPSA) is 58.6 Å². The molecular formula is C28H37BrN2O3. The maximum atomic E-state index is 13.3. The Labute approximate surface area is 212 Å². The fourth-order valence-corrected chi connectivity index (χ4v) is 4.48. The van der Waals surface area contributed by atoms with Crippen LogP contribution in [0.4, 0.5) is 0 Å². The van der Waals surface area contributed by atoms with Gasteiger partial charge < -0.3 is 15.0 Å². The molecule has 3 rings (SSSR count). The molecule has 1 N–H and O–H groups in total. The smallest absolute Gasteiger partial charge is 0.261 e. The Morgan fingerprint density at radius 3 is 2.24 bits per heavy atom. The lowest BCUT2D eigenvalue weighted by atomic mass is 9.87. The first kappa shape index (κ1) is 26.3. The zero-order valence-corrected chi connectivity index (χ0v) is 22.4. The van der Waals surface area contributed by atoms with Gasteiger partial charge in [-0.05, 0) is 60.6 Å². The zero-order valence-electron chi connectivity index (χ0n) is 20.8. The summed E-state index contributed by atoms with van der Waals surface area (Å²) in [5, 5.41) is 3.16. The van der Waals surface area contributed by atoms with Gasteiger partial charge in [0.15, 0.2) is 6.61 Å². The van der Waals surface area contributed by atoms with E-state index in [9.17, 15) is 9.59 Å². The molecule has 1 aliphatic rings. The molecule has 1 fully saturated rings. The largest absolute Gasteiger partial charge is 0.484 e. The van der Waals surface area contributed by atoms with Gasteiger partial charge in [-0.3, -0.25) is 9.59 Å². The second-order valence-electron chi connectivity index (χ2n) is 10.2. The minimum Gasteiger partial charge on any atom is -0.484 e. The van der Waals surface area contributed by atoms with Crippen LogP contribution >= 0.6 is 15.9 Å². The van der Waals surface area contributed by atoms with Crippen molar-refractivity contribution >= 4 is 27.7 Å². The molecule has 184 valence electrons. The summed E-state index contributed by atoms with van der Waals surface area (Å²) in [5.74, 6) is 0.324. The van der Waals surface area contributed by atoms with Crippen molar-refractivity contribution in [2.75, 3.05) is 6.61 Å². The number of nitrogens with one attached hydrogen (secondary N) is 1. The summed E-state index contributed by atoms with van der Waals surface area (Å²) in [7, 11) is 0. The van der Waals surface area contributed by atoms with Crippen LogP contribution < -0.4 is 10.1 Å². The number of halogens is 1. The molecule has 5 nitrogen and oxygen atoms in total. The van der Waals surface area contributed by atoms with Gasteiger partial charge in [0.2, 0.25) is 5.91 Å². The van der Waals surface area contributed by atoms with Crippen molar-refractivity contribution in [3.05, 3.63) is 64.1 Å². The molecule has 1 aliphatic carbocycles. The quantitative estimate of drug-likeness (QED) is 0.457. The Balaban J connectivity index is 1.69. The van der Waals surface area contributed by atoms with Crippen LogP contribution in [0.3, 0.4) is 0 Å². The number of amides is 2. The molecule has 0 radical (unpaired) electrons. The third-order valence-electron chi connectivity index (χ3n) is 6.47. The van der Waals surface area contributed by atoms with E-state index in [2.05, 4.69) is 42.0 Å². The SMILES string of the molecule is C[C@@H](C(=O)NC1CCCCC1)N(Cc1ccc(Br)cc1)C(=O)COc1ccc(C(C)(C)C)cc1. The van der Waals surface area contributed by atoms with Crippen LogP contribution in [0, 0.1) is 0 Å². The number of carbonyl (C=O) groups is 2. The van der Waals surface area contributed by atoms with E-state index >= 15 is 0 Å². The Morgan fingerprint density at radius 2 is 1.65 bits per heavy atom. The van der Waals surface area contributed by atoms with Crippen molar-refractivity contribution in [3.8, 4) is 5.75 Å². The van der Waals surface area contributed by atoms with E-state index < -0.39 is 6.04 Å². The van der Waals surface area contributed by atoms with E-state index in [0.717, 1.165) is 35.7 Å². The van der Waals surface area contributed by atoms with Gasteiger partial charge in [-0.1, -0.05) is 80.2 Å². The third kappa shape index (κ3) is 7.59. The zero-order chi connectivity index (χ0) is 24.7. The van der Waals surface area contributed by atoms with Gasteiger partial charge in [0, 0.05) is 17.1 Å². The molecule has 2 aromatic rings. The van der Waals surface area contributed by atoms with Crippen LogP contribution in [-0.2, 0) is 21.5 Å². The van der Waals surface area contributed by atoms with E-state index in [1.165, 1.54) is 12.0 Å². The van der Waals surface area contributed by atoms with Crippen molar-refractivity contribution in [2.45, 2.75) is 83.8 Å². The fraction of sp³-hybridized carbons (Fsp3) is 0.500. The van der Waals surface area contributed by atoms with E-state index in [1.807, 2.05) is 48.5 Å². The predicted molar refractivity (Wildman–Crippen MR) is 140 cm³/mol. The molecule has 34 heavy (non-hydrogen) atoms. The predicted octanol–water partition coefficient (Wildman–Crippen LogP) is 5.99. The molecule has 1 saturated carbocycles. The van der Waals surface area contributed by atoms with E-state index in [0.29, 0.717) is 12.3 Å². The highest BCUT2D eigenvalue weighted by molar-refractivity contribution is 9.10. The number of nitrogens with zero attached hydrogens (tertiary/aromatic N) is 1. The normalized spacial score (nSPS) is 15.4. The molecule has 1 atom stereocenters. The van der Waals surface area contributed by atoms with Crippen molar-refractivity contribution in [3.63, 3.8) is 0 Å². The van der Waals surface area contributed by atoms with Gasteiger partial charge in [0.25, 0.3) is 5.91 Å². The number of rotatable bonds is 8. The highest BCUT2D eigenvalue weighted by Crippen LogP contribution is 2.24. The van der Waals surface area contributed by atoms with E-state index in [-0.39, 0.29) is 29.9 Å². The summed E-state index contributed by atoms with van der Waals surface area (Å²) in [6, 6.07) is 15.3. The van der Waals surface area contributed by atoms with Crippen molar-refractivity contribution in [1.82, 2.24) is 10.2 Å². The minimum atomic E-state index is -0.593. The molecule has 6 heteroatoms. The minimum absolute atomic E-state index is 0.0525. The lowest BCUT2D eigenvalue weighted by Crippen LogP contribution is -2.51. The standard InChI is InChI=1S/C28H37BrN2O3/c1-20(27(33)30-24-8-6-5-7-9-24)31(18-21-10-14-23(29)15-11-21)26(32)19-34-25-16-12-22(13-17-25)28(2,3)4/h10-17,20,24H,5-9,18-19H2,1-4H3,(H,30,33)/t20-/m0/s1. The van der Waals surface area contributed by atoms with Crippen LogP contribution in [0.5, 0.6) is 5.75 Å². The first-order chi connectivity index (χ1) is 16.1. The Hall–Kier alpha value is -2.34. The van der Waals surface area contributed by atoms with Crippen molar-refractivity contribution in [2.24, 2.45) is 0 Å². The van der Waals surface area contributed by atoms with Gasteiger partial charge in [0.1, 0.15) is 11.8 Å². The van der Waals surface area contributed by atoms with Crippen molar-refractivity contribution in [1.29, 1.82) is 0 Å². The van der Waals surface area contributed by atoms with Gasteiger partial charge in [-0.15, -0.1) is 0 Å². The average Bonchev–Trinajstić information content (AvgIpc) is 2.82. The first-order valence-corrected chi connectivity index (χ1v) is 13.0. The lowest BCUT2D eigenvalue weighted by Gasteiger charge is -2.31. The van der Waals surface area contributed by atoms with Gasteiger partial charge in [-0.2, -0.15) is 0 Å². The Kier molecular flexibility index (Phi) is 9.17. The number of carbonyl (C=O) groups excluding carboxylic acids is 2. The molecule has 0 unspecified atom stereocenters. The second-order valence-corrected chi connectivity index (χ2v) is 11.1. The summed E-state index contributed by atoms with van der Waals surface area (Å²) < 4.78 is 6.79. The van der Waals surface area contributed by atoms with Crippen LogP contribution in [0.25, 0.3) is 0 Å². The van der Waals surface area contributed by atoms with Crippen molar-refractivity contribution < 1.29 is 14.3 Å². The summed E-state index contributed by atoms with van der Waals surface area (Å²) in [4.78, 5) is 27.9. The van der Waals surface area contributed by atoms with E-state index in [4.69, 9.17) is 4.74 Å². The Morgan fingerprint density at radius 1 is 1.03 bits per heavy atom. The summed E-state index contributed by atoms with van der Waals surface area (Å²) >= 11 is 3.45. The highest BCUT2D eigenvalue weighted by Gasteiger charge is 2.28. The summed E-state index contributed by atoms with van der Waals surface area (Å²) in [6.45, 7) is 8.50. The molecule has 0 aromatic heterocycles. The highest BCUT2D eigenvalue weighted by atomic mass is 79.9. The van der Waals surface area contributed by atoms with E-state index in [1.54, 1.807) is 11.8 Å².